The number of amides is 1. The fraction of sp³-hybridized carbons (Fsp3) is 0.478. The zero-order valence-electron chi connectivity index (χ0n) is 17.9. The third kappa shape index (κ3) is 5.50. The van der Waals surface area contributed by atoms with Gasteiger partial charge in [0, 0.05) is 69.3 Å². The average molecular weight is 445 g/mol. The minimum Gasteiger partial charge on any atom is -0.367 e. The van der Waals surface area contributed by atoms with Crippen molar-refractivity contribution in [3.05, 3.63) is 52.0 Å². The molecule has 0 saturated carbocycles. The van der Waals surface area contributed by atoms with E-state index in [1.54, 1.807) is 23.5 Å². The van der Waals surface area contributed by atoms with Gasteiger partial charge in [0.15, 0.2) is 5.78 Å². The van der Waals surface area contributed by atoms with Gasteiger partial charge in [-0.25, -0.2) is 4.39 Å². The normalized spacial score (nSPS) is 18.4. The Hall–Kier alpha value is -2.29. The van der Waals surface area contributed by atoms with Crippen molar-refractivity contribution in [1.82, 2.24) is 14.7 Å². The highest BCUT2D eigenvalue weighted by atomic mass is 32.1. The molecule has 2 saturated heterocycles. The van der Waals surface area contributed by atoms with Crippen LogP contribution in [0.3, 0.4) is 0 Å². The molecule has 1 aromatic carbocycles. The highest BCUT2D eigenvalue weighted by molar-refractivity contribution is 7.09. The number of piperazine rings is 2. The predicted molar refractivity (Wildman–Crippen MR) is 121 cm³/mol. The summed E-state index contributed by atoms with van der Waals surface area (Å²) >= 11 is 1.78. The number of nitrogens with zero attached hydrogens (tertiary/aromatic N) is 4. The topological polar surface area (TPSA) is 47.1 Å². The molecule has 0 unspecified atom stereocenters. The first-order valence-electron chi connectivity index (χ1n) is 10.8. The van der Waals surface area contributed by atoms with Gasteiger partial charge in [-0.1, -0.05) is 6.07 Å². The van der Waals surface area contributed by atoms with Crippen molar-refractivity contribution in [3.63, 3.8) is 0 Å². The van der Waals surface area contributed by atoms with Crippen LogP contribution >= 0.6 is 11.3 Å². The highest BCUT2D eigenvalue weighted by Gasteiger charge is 2.25. The first-order chi connectivity index (χ1) is 15.0. The molecular weight excluding hydrogens is 415 g/mol. The Kier molecular flexibility index (Phi) is 6.99. The maximum absolute atomic E-state index is 14.4. The summed E-state index contributed by atoms with van der Waals surface area (Å²) in [5, 5.41) is 2.10. The van der Waals surface area contributed by atoms with Gasteiger partial charge >= 0.3 is 0 Å². The van der Waals surface area contributed by atoms with Crippen molar-refractivity contribution in [2.45, 2.75) is 13.5 Å². The third-order valence-corrected chi connectivity index (χ3v) is 6.97. The third-order valence-electron chi connectivity index (χ3n) is 6.11. The van der Waals surface area contributed by atoms with E-state index in [0.717, 1.165) is 45.8 Å². The van der Waals surface area contributed by atoms with Crippen molar-refractivity contribution in [2.75, 3.05) is 63.8 Å². The monoisotopic (exact) mass is 444 g/mol. The lowest BCUT2D eigenvalue weighted by Gasteiger charge is -2.38. The Morgan fingerprint density at radius 3 is 2.29 bits per heavy atom. The lowest BCUT2D eigenvalue weighted by atomic mass is 10.1. The number of ketones is 1. The zero-order chi connectivity index (χ0) is 21.8. The highest BCUT2D eigenvalue weighted by Crippen LogP contribution is 2.22. The van der Waals surface area contributed by atoms with Gasteiger partial charge in [0.25, 0.3) is 0 Å². The van der Waals surface area contributed by atoms with Crippen LogP contribution in [-0.2, 0) is 11.3 Å². The maximum Gasteiger partial charge on any atom is 0.236 e. The summed E-state index contributed by atoms with van der Waals surface area (Å²) in [6.45, 7) is 8.96. The molecule has 0 bridgehead atoms. The second-order valence-electron chi connectivity index (χ2n) is 8.22. The summed E-state index contributed by atoms with van der Waals surface area (Å²) in [5.41, 5.74) is 0.916. The van der Waals surface area contributed by atoms with Crippen LogP contribution in [0.1, 0.15) is 22.2 Å². The van der Waals surface area contributed by atoms with Crippen LogP contribution in [-0.4, -0.2) is 85.3 Å². The van der Waals surface area contributed by atoms with Crippen molar-refractivity contribution in [1.29, 1.82) is 0 Å². The molecule has 2 aromatic rings. The Bertz CT molecular complexity index is 904. The van der Waals surface area contributed by atoms with E-state index in [2.05, 4.69) is 27.3 Å². The molecule has 8 heteroatoms. The van der Waals surface area contributed by atoms with Gasteiger partial charge in [-0.15, -0.1) is 11.3 Å². The lowest BCUT2D eigenvalue weighted by molar-refractivity contribution is -0.134. The lowest BCUT2D eigenvalue weighted by Crippen LogP contribution is -2.53. The zero-order valence-corrected chi connectivity index (χ0v) is 18.7. The van der Waals surface area contributed by atoms with Crippen LogP contribution in [0.15, 0.2) is 35.7 Å². The van der Waals surface area contributed by atoms with Crippen LogP contribution in [0.25, 0.3) is 0 Å². The van der Waals surface area contributed by atoms with Gasteiger partial charge in [-0.2, -0.15) is 0 Å². The predicted octanol–water partition coefficient (Wildman–Crippen LogP) is 2.56. The smallest absolute Gasteiger partial charge is 0.236 e. The Morgan fingerprint density at radius 2 is 1.68 bits per heavy atom. The molecule has 0 N–H and O–H groups in total. The molecule has 2 aliphatic rings. The van der Waals surface area contributed by atoms with Crippen LogP contribution in [0.5, 0.6) is 0 Å². The quantitative estimate of drug-likeness (QED) is 0.641. The summed E-state index contributed by atoms with van der Waals surface area (Å²) < 4.78 is 14.4. The summed E-state index contributed by atoms with van der Waals surface area (Å²) in [6.07, 6.45) is 0. The van der Waals surface area contributed by atoms with Crippen LogP contribution in [0.2, 0.25) is 0 Å². The number of rotatable bonds is 6. The van der Waals surface area contributed by atoms with Gasteiger partial charge in [0.05, 0.1) is 12.2 Å². The molecule has 2 aliphatic heterocycles. The van der Waals surface area contributed by atoms with Gasteiger partial charge in [0.1, 0.15) is 5.82 Å². The fourth-order valence-corrected chi connectivity index (χ4v) is 4.95. The molecule has 0 atom stereocenters. The van der Waals surface area contributed by atoms with Crippen molar-refractivity contribution >= 4 is 28.7 Å². The summed E-state index contributed by atoms with van der Waals surface area (Å²) in [5.74, 6) is -0.319. The van der Waals surface area contributed by atoms with E-state index in [9.17, 15) is 14.0 Å². The van der Waals surface area contributed by atoms with E-state index in [-0.39, 0.29) is 17.5 Å². The molecule has 166 valence electrons. The number of hydrogen-bond acceptors (Lipinski definition) is 6. The Balaban J connectivity index is 1.22. The van der Waals surface area contributed by atoms with E-state index >= 15 is 0 Å². The number of benzene rings is 1. The number of Topliss-reactive ketones (excluding diaryl/α,β-unsaturated/α-hetero) is 1. The molecule has 3 heterocycles. The first-order valence-corrected chi connectivity index (χ1v) is 11.7. The number of hydrogen-bond donors (Lipinski definition) is 0. The second kappa shape index (κ2) is 9.89. The minimum absolute atomic E-state index is 0.138. The molecule has 0 radical (unpaired) electrons. The molecule has 4 rings (SSSR count). The molecule has 6 nitrogen and oxygen atoms in total. The molecule has 1 aromatic heterocycles. The fourth-order valence-electron chi connectivity index (χ4n) is 4.20. The van der Waals surface area contributed by atoms with E-state index in [4.69, 9.17) is 0 Å². The van der Waals surface area contributed by atoms with E-state index in [0.29, 0.717) is 30.9 Å². The minimum atomic E-state index is -0.363. The standard InChI is InChI=1S/C23H29FN4O2S/c1-18(29)19-4-5-22(21(24)15-19)27-10-6-26(7-11-27)17-23(30)28-12-8-25(9-13-28)16-20-3-2-14-31-20/h2-5,14-15H,6-13,16-17H2,1H3. The number of halogens is 1. The number of anilines is 1. The van der Waals surface area contributed by atoms with E-state index in [1.165, 1.54) is 17.9 Å². The van der Waals surface area contributed by atoms with E-state index in [1.807, 2.05) is 9.80 Å². The van der Waals surface area contributed by atoms with E-state index < -0.39 is 0 Å². The largest absolute Gasteiger partial charge is 0.367 e. The summed E-state index contributed by atoms with van der Waals surface area (Å²) in [6, 6.07) is 8.91. The molecular formula is C23H29FN4O2S. The number of carbonyl (C=O) groups excluding carboxylic acids is 2. The molecule has 0 spiro atoms. The van der Waals surface area contributed by atoms with Crippen molar-refractivity contribution in [2.24, 2.45) is 0 Å². The van der Waals surface area contributed by atoms with Crippen molar-refractivity contribution in [3.8, 4) is 0 Å². The summed E-state index contributed by atoms with van der Waals surface area (Å²) in [4.78, 5) is 34.1. The van der Waals surface area contributed by atoms with Crippen LogP contribution in [0, 0.1) is 5.82 Å². The SMILES string of the molecule is CC(=O)c1ccc(N2CCN(CC(=O)N3CCN(Cc4cccs4)CC3)CC2)c(F)c1. The van der Waals surface area contributed by atoms with Crippen LogP contribution in [0.4, 0.5) is 10.1 Å². The Morgan fingerprint density at radius 1 is 0.968 bits per heavy atom. The van der Waals surface area contributed by atoms with Gasteiger partial charge in [-0.05, 0) is 36.6 Å². The Labute approximate surface area is 186 Å². The van der Waals surface area contributed by atoms with Gasteiger partial charge < -0.3 is 9.80 Å². The maximum atomic E-state index is 14.4. The van der Waals surface area contributed by atoms with Crippen molar-refractivity contribution < 1.29 is 14.0 Å². The molecule has 1 amide bonds. The number of carbonyl (C=O) groups is 2. The second-order valence-corrected chi connectivity index (χ2v) is 9.25. The van der Waals surface area contributed by atoms with Gasteiger partial charge in [0.2, 0.25) is 5.91 Å². The average Bonchev–Trinajstić information content (AvgIpc) is 3.28. The molecule has 0 aliphatic carbocycles. The summed E-state index contributed by atoms with van der Waals surface area (Å²) in [7, 11) is 0. The molecule has 2 fully saturated rings. The van der Waals surface area contributed by atoms with Gasteiger partial charge in [-0.3, -0.25) is 19.4 Å². The first kappa shape index (κ1) is 21.9. The molecule has 31 heavy (non-hydrogen) atoms. The number of thiophene rings is 1. The van der Waals surface area contributed by atoms with Crippen LogP contribution < -0.4 is 4.90 Å².